The Hall–Kier alpha value is -2.54. The summed E-state index contributed by atoms with van der Waals surface area (Å²) in [5.74, 6) is 0.398. The number of nitrogens with zero attached hydrogens (tertiary/aromatic N) is 1. The minimum absolute atomic E-state index is 0.280. The quantitative estimate of drug-likeness (QED) is 0.687. The van der Waals surface area contributed by atoms with Gasteiger partial charge in [0.25, 0.3) is 0 Å². The van der Waals surface area contributed by atoms with Crippen LogP contribution in [0.15, 0.2) is 42.5 Å². The molecule has 1 atom stereocenters. The van der Waals surface area contributed by atoms with Crippen molar-refractivity contribution >= 4 is 21.6 Å². The number of carbonyl (C=O) groups is 1. The molecule has 0 spiro atoms. The highest BCUT2D eigenvalue weighted by Gasteiger charge is 2.28. The van der Waals surface area contributed by atoms with Gasteiger partial charge in [-0.3, -0.25) is 9.10 Å². The molecule has 1 unspecified atom stereocenters. The van der Waals surface area contributed by atoms with E-state index in [1.807, 2.05) is 51.1 Å². The number of hydrogen-bond acceptors (Lipinski definition) is 4. The Balaban J connectivity index is 1.99. The Morgan fingerprint density at radius 3 is 2.36 bits per heavy atom. The zero-order valence-electron chi connectivity index (χ0n) is 17.0. The number of ether oxygens (including phenoxy) is 1. The second kappa shape index (κ2) is 9.10. The summed E-state index contributed by atoms with van der Waals surface area (Å²) >= 11 is 0. The van der Waals surface area contributed by atoms with Gasteiger partial charge in [-0.25, -0.2) is 8.42 Å². The molecule has 2 aromatic rings. The third-order valence-corrected chi connectivity index (χ3v) is 5.83. The second-order valence-electron chi connectivity index (χ2n) is 6.91. The molecule has 0 aromatic heterocycles. The number of anilines is 1. The Labute approximate surface area is 167 Å². The van der Waals surface area contributed by atoms with Crippen molar-refractivity contribution in [3.63, 3.8) is 0 Å². The van der Waals surface area contributed by atoms with Crippen LogP contribution in [0, 0.1) is 20.8 Å². The van der Waals surface area contributed by atoms with Crippen LogP contribution in [-0.2, 0) is 14.8 Å². The highest BCUT2D eigenvalue weighted by Crippen LogP contribution is 2.22. The SMILES string of the molecule is Cc1ccc(N(C(C)C(=O)NCCOc2cccc(C)c2C)S(C)(=O)=O)cc1. The molecule has 0 aliphatic heterocycles. The van der Waals surface area contributed by atoms with Crippen molar-refractivity contribution in [1.82, 2.24) is 5.32 Å². The molecule has 0 aliphatic carbocycles. The van der Waals surface area contributed by atoms with Crippen LogP contribution in [0.5, 0.6) is 5.75 Å². The molecule has 6 nitrogen and oxygen atoms in total. The van der Waals surface area contributed by atoms with Gasteiger partial charge in [-0.05, 0) is 57.0 Å². The lowest BCUT2D eigenvalue weighted by Crippen LogP contribution is -2.48. The highest BCUT2D eigenvalue weighted by atomic mass is 32.2. The highest BCUT2D eigenvalue weighted by molar-refractivity contribution is 7.92. The van der Waals surface area contributed by atoms with Gasteiger partial charge in [0.15, 0.2) is 0 Å². The fraction of sp³-hybridized carbons (Fsp3) is 0.381. The summed E-state index contributed by atoms with van der Waals surface area (Å²) < 4.78 is 31.4. The van der Waals surface area contributed by atoms with Crippen molar-refractivity contribution in [3.05, 3.63) is 59.2 Å². The number of amides is 1. The summed E-state index contributed by atoms with van der Waals surface area (Å²) in [6.07, 6.45) is 1.10. The van der Waals surface area contributed by atoms with Gasteiger partial charge in [0.05, 0.1) is 18.5 Å². The van der Waals surface area contributed by atoms with E-state index in [1.54, 1.807) is 19.1 Å². The maximum atomic E-state index is 12.5. The first-order valence-corrected chi connectivity index (χ1v) is 11.0. The van der Waals surface area contributed by atoms with Crippen LogP contribution in [0.1, 0.15) is 23.6 Å². The van der Waals surface area contributed by atoms with Gasteiger partial charge >= 0.3 is 0 Å². The van der Waals surface area contributed by atoms with Crippen LogP contribution in [-0.4, -0.2) is 39.8 Å². The van der Waals surface area contributed by atoms with Crippen molar-refractivity contribution in [2.45, 2.75) is 33.7 Å². The normalized spacial score (nSPS) is 12.3. The molecule has 0 radical (unpaired) electrons. The van der Waals surface area contributed by atoms with E-state index in [2.05, 4.69) is 5.32 Å². The summed E-state index contributed by atoms with van der Waals surface area (Å²) in [4.78, 5) is 12.5. The van der Waals surface area contributed by atoms with Crippen LogP contribution < -0.4 is 14.4 Å². The van der Waals surface area contributed by atoms with E-state index in [-0.39, 0.29) is 12.5 Å². The zero-order valence-corrected chi connectivity index (χ0v) is 17.8. The molecule has 28 heavy (non-hydrogen) atoms. The smallest absolute Gasteiger partial charge is 0.243 e. The monoisotopic (exact) mass is 404 g/mol. The fourth-order valence-corrected chi connectivity index (χ4v) is 4.04. The first kappa shape index (κ1) is 21.8. The standard InChI is InChI=1S/C21H28N2O4S/c1-15-9-11-19(12-10-15)23(28(5,25)26)18(4)21(24)22-13-14-27-20-8-6-7-16(2)17(20)3/h6-12,18H,13-14H2,1-5H3,(H,22,24). The molecule has 0 aliphatic rings. The van der Waals surface area contributed by atoms with E-state index in [9.17, 15) is 13.2 Å². The largest absolute Gasteiger partial charge is 0.491 e. The van der Waals surface area contributed by atoms with Crippen LogP contribution in [0.2, 0.25) is 0 Å². The molecule has 0 fully saturated rings. The molecule has 2 rings (SSSR count). The molecule has 1 amide bonds. The minimum Gasteiger partial charge on any atom is -0.491 e. The number of carbonyl (C=O) groups excluding carboxylic acids is 1. The average Bonchev–Trinajstić information content (AvgIpc) is 2.62. The van der Waals surface area contributed by atoms with Crippen molar-refractivity contribution in [3.8, 4) is 5.75 Å². The lowest BCUT2D eigenvalue weighted by atomic mass is 10.1. The predicted molar refractivity (Wildman–Crippen MR) is 112 cm³/mol. The third kappa shape index (κ3) is 5.48. The Bertz CT molecular complexity index is 924. The van der Waals surface area contributed by atoms with E-state index < -0.39 is 16.1 Å². The van der Waals surface area contributed by atoms with E-state index in [4.69, 9.17) is 4.74 Å². The molecule has 2 aromatic carbocycles. The maximum absolute atomic E-state index is 12.5. The van der Waals surface area contributed by atoms with Crippen LogP contribution in [0.25, 0.3) is 0 Å². The van der Waals surface area contributed by atoms with Crippen LogP contribution in [0.4, 0.5) is 5.69 Å². The summed E-state index contributed by atoms with van der Waals surface area (Å²) in [5.41, 5.74) is 3.67. The Kier molecular flexibility index (Phi) is 7.07. The van der Waals surface area contributed by atoms with E-state index in [0.717, 1.165) is 33.0 Å². The van der Waals surface area contributed by atoms with Crippen LogP contribution in [0.3, 0.4) is 0 Å². The average molecular weight is 405 g/mol. The van der Waals surface area contributed by atoms with Gasteiger partial charge in [-0.2, -0.15) is 0 Å². The van der Waals surface area contributed by atoms with E-state index >= 15 is 0 Å². The lowest BCUT2D eigenvalue weighted by molar-refractivity contribution is -0.121. The van der Waals surface area contributed by atoms with Gasteiger partial charge < -0.3 is 10.1 Å². The molecule has 0 heterocycles. The first-order valence-electron chi connectivity index (χ1n) is 9.14. The molecule has 0 saturated heterocycles. The molecule has 1 N–H and O–H groups in total. The number of sulfonamides is 1. The number of rotatable bonds is 8. The van der Waals surface area contributed by atoms with Gasteiger partial charge in [-0.1, -0.05) is 29.8 Å². The summed E-state index contributed by atoms with van der Waals surface area (Å²) in [6, 6.07) is 12.0. The minimum atomic E-state index is -3.62. The number of benzene rings is 2. The molecule has 152 valence electrons. The Morgan fingerprint density at radius 2 is 1.75 bits per heavy atom. The van der Waals surface area contributed by atoms with E-state index in [1.165, 1.54) is 0 Å². The molecule has 0 saturated carbocycles. The fourth-order valence-electron chi connectivity index (χ4n) is 2.86. The van der Waals surface area contributed by atoms with Gasteiger partial charge in [0, 0.05) is 0 Å². The van der Waals surface area contributed by atoms with Crippen molar-refractivity contribution in [2.75, 3.05) is 23.7 Å². The lowest BCUT2D eigenvalue weighted by Gasteiger charge is -2.28. The topological polar surface area (TPSA) is 75.7 Å². The molecule has 0 bridgehead atoms. The van der Waals surface area contributed by atoms with Crippen LogP contribution >= 0.6 is 0 Å². The summed E-state index contributed by atoms with van der Waals surface area (Å²) in [6.45, 7) is 8.06. The van der Waals surface area contributed by atoms with Crippen molar-refractivity contribution in [2.24, 2.45) is 0 Å². The zero-order chi connectivity index (χ0) is 20.9. The first-order chi connectivity index (χ1) is 13.1. The van der Waals surface area contributed by atoms with E-state index in [0.29, 0.717) is 12.3 Å². The van der Waals surface area contributed by atoms with Crippen molar-refractivity contribution < 1.29 is 17.9 Å². The number of hydrogen-bond donors (Lipinski definition) is 1. The molecular formula is C21H28N2O4S. The third-order valence-electron chi connectivity index (χ3n) is 4.59. The molecule has 7 heteroatoms. The Morgan fingerprint density at radius 1 is 1.11 bits per heavy atom. The van der Waals surface area contributed by atoms with Gasteiger partial charge in [-0.15, -0.1) is 0 Å². The van der Waals surface area contributed by atoms with Crippen molar-refractivity contribution in [1.29, 1.82) is 0 Å². The summed E-state index contributed by atoms with van der Waals surface area (Å²) in [5, 5.41) is 2.75. The second-order valence-corrected chi connectivity index (χ2v) is 8.77. The number of nitrogens with one attached hydrogen (secondary N) is 1. The molecular weight excluding hydrogens is 376 g/mol. The number of aryl methyl sites for hydroxylation is 2. The maximum Gasteiger partial charge on any atom is 0.243 e. The van der Waals surface area contributed by atoms with Gasteiger partial charge in [0.2, 0.25) is 15.9 Å². The predicted octanol–water partition coefficient (Wildman–Crippen LogP) is 2.96. The van der Waals surface area contributed by atoms with Gasteiger partial charge in [0.1, 0.15) is 18.4 Å². The summed E-state index contributed by atoms with van der Waals surface area (Å²) in [7, 11) is -3.62.